The first-order chi connectivity index (χ1) is 31.3. The van der Waals surface area contributed by atoms with E-state index in [4.69, 9.17) is 0 Å². The van der Waals surface area contributed by atoms with Crippen LogP contribution in [-0.4, -0.2) is 18.9 Å². The highest BCUT2D eigenvalue weighted by Crippen LogP contribution is 2.41. The molecule has 0 spiro atoms. The zero-order valence-electron chi connectivity index (χ0n) is 34.5. The number of fused-ring (bicyclic) bond motifs is 13. The lowest BCUT2D eigenvalue weighted by molar-refractivity contribution is 0.634. The molecule has 1 saturated heterocycles. The van der Waals surface area contributed by atoms with Crippen molar-refractivity contribution in [2.45, 2.75) is 0 Å². The molecule has 0 aromatic heterocycles. The Morgan fingerprint density at radius 3 is 1.22 bits per heavy atom. The molecule has 2 aliphatic rings. The van der Waals surface area contributed by atoms with Crippen LogP contribution in [0.3, 0.4) is 0 Å². The number of hydrazine groups is 1. The number of anilines is 2. The Balaban J connectivity index is 0.940. The molecular formula is C58H39B2N3. The fourth-order valence-corrected chi connectivity index (χ4v) is 10.6. The van der Waals surface area contributed by atoms with Gasteiger partial charge in [0.25, 0.3) is 0 Å². The minimum atomic E-state index is -0.132. The highest BCUT2D eigenvalue weighted by atomic mass is 15.6. The van der Waals surface area contributed by atoms with Gasteiger partial charge in [-0.2, -0.15) is 0 Å². The molecule has 0 N–H and O–H groups in total. The molecule has 0 radical (unpaired) electrons. The van der Waals surface area contributed by atoms with E-state index in [1.165, 1.54) is 92.4 Å². The van der Waals surface area contributed by atoms with Crippen molar-refractivity contribution in [1.29, 1.82) is 0 Å². The second-order valence-corrected chi connectivity index (χ2v) is 16.9. The van der Waals surface area contributed by atoms with E-state index in [-0.39, 0.29) is 14.0 Å². The van der Waals surface area contributed by atoms with Crippen LogP contribution in [0.4, 0.5) is 11.4 Å². The third kappa shape index (κ3) is 5.63. The lowest BCUT2D eigenvalue weighted by atomic mass is 9.58. The van der Waals surface area contributed by atoms with Gasteiger partial charge in [0.1, 0.15) is 0 Å². The molecule has 3 nitrogen and oxygen atoms in total. The fourth-order valence-electron chi connectivity index (χ4n) is 10.6. The van der Waals surface area contributed by atoms with Crippen LogP contribution in [0.25, 0.3) is 86.9 Å². The summed E-state index contributed by atoms with van der Waals surface area (Å²) >= 11 is 0. The van der Waals surface area contributed by atoms with Crippen LogP contribution < -0.4 is 15.1 Å². The van der Waals surface area contributed by atoms with Gasteiger partial charge in [-0.05, 0) is 135 Å². The smallest absolute Gasteiger partial charge is 0.413 e. The van der Waals surface area contributed by atoms with Crippen LogP contribution in [-0.2, 0) is 0 Å². The normalized spacial score (nSPS) is 13.7. The van der Waals surface area contributed by atoms with Crippen LogP contribution in [0.1, 0.15) is 0 Å². The van der Waals surface area contributed by atoms with Crippen LogP contribution in [0.2, 0.25) is 0 Å². The zero-order valence-corrected chi connectivity index (χ0v) is 34.5. The van der Waals surface area contributed by atoms with E-state index >= 15 is 0 Å². The van der Waals surface area contributed by atoms with E-state index in [1.54, 1.807) is 0 Å². The number of nitrogens with zero attached hydrogens (tertiary/aromatic N) is 3. The van der Waals surface area contributed by atoms with Crippen molar-refractivity contribution in [2.24, 2.45) is 0 Å². The van der Waals surface area contributed by atoms with E-state index in [2.05, 4.69) is 251 Å². The van der Waals surface area contributed by atoms with Crippen molar-refractivity contribution in [3.63, 3.8) is 0 Å². The highest BCUT2D eigenvalue weighted by Gasteiger charge is 2.51. The monoisotopic (exact) mass is 799 g/mol. The maximum absolute atomic E-state index is 2.57. The van der Waals surface area contributed by atoms with Crippen molar-refractivity contribution in [3.8, 4) is 22.3 Å². The summed E-state index contributed by atoms with van der Waals surface area (Å²) in [4.78, 5) is 4.88. The van der Waals surface area contributed by atoms with Gasteiger partial charge >= 0.3 is 14.0 Å². The predicted octanol–water partition coefficient (Wildman–Crippen LogP) is 14.0. The molecule has 0 atom stereocenters. The molecule has 11 aromatic rings. The quantitative estimate of drug-likeness (QED) is 0.127. The van der Waals surface area contributed by atoms with Crippen LogP contribution >= 0.6 is 0 Å². The lowest BCUT2D eigenvalue weighted by Gasteiger charge is -2.34. The van der Waals surface area contributed by atoms with Gasteiger partial charge in [-0.15, -0.1) is 0 Å². The van der Waals surface area contributed by atoms with Crippen molar-refractivity contribution < 1.29 is 0 Å². The summed E-state index contributed by atoms with van der Waals surface area (Å²) in [6.45, 7) is -0.181. The Kier molecular flexibility index (Phi) is 8.10. The summed E-state index contributed by atoms with van der Waals surface area (Å²) < 4.78 is 2.57. The molecule has 0 aliphatic carbocycles. The van der Waals surface area contributed by atoms with Gasteiger partial charge in [0.2, 0.25) is 0 Å². The van der Waals surface area contributed by atoms with Gasteiger partial charge in [0.15, 0.2) is 0 Å². The van der Waals surface area contributed by atoms with Crippen molar-refractivity contribution >= 4 is 95.4 Å². The molecule has 2 aliphatic heterocycles. The van der Waals surface area contributed by atoms with Gasteiger partial charge in [-0.25, -0.2) is 0 Å². The molecule has 2 heterocycles. The fraction of sp³-hybridized carbons (Fsp3) is 0. The van der Waals surface area contributed by atoms with Crippen molar-refractivity contribution in [2.75, 3.05) is 9.64 Å². The summed E-state index contributed by atoms with van der Waals surface area (Å²) in [5.41, 5.74) is 8.29. The first-order valence-electron chi connectivity index (χ1n) is 21.9. The van der Waals surface area contributed by atoms with Crippen LogP contribution in [0, 0.1) is 0 Å². The zero-order chi connectivity index (χ0) is 41.4. The molecule has 5 heteroatoms. The molecule has 292 valence electrons. The van der Waals surface area contributed by atoms with Crippen LogP contribution in [0.15, 0.2) is 237 Å². The standard InChI is InChI=1S/C58H39B2N3/c1-2-18-44(19-3-1)60-62(45-20-14-16-40(36-45)42-30-32-55-51-26-6-4-22-47(51)49-24-8-10-28-53(49)57(55)38-42)59-34-12-13-35-61(59)63(60)46-21-15-17-41(37-46)43-31-33-56-52-27-7-5-23-48(52)50-25-9-11-29-54(50)58(56)39-43/h1-39H. The Morgan fingerprint density at radius 1 is 0.302 bits per heavy atom. The molecule has 0 saturated carbocycles. The largest absolute Gasteiger partial charge is 0.419 e. The second-order valence-electron chi connectivity index (χ2n) is 16.9. The van der Waals surface area contributed by atoms with Gasteiger partial charge in [-0.1, -0.05) is 188 Å². The lowest BCUT2D eigenvalue weighted by Crippen LogP contribution is -2.55. The number of benzene rings is 11. The number of hydrogen-bond donors (Lipinski definition) is 0. The van der Waals surface area contributed by atoms with E-state index < -0.39 is 0 Å². The molecule has 63 heavy (non-hydrogen) atoms. The van der Waals surface area contributed by atoms with Gasteiger partial charge < -0.3 is 14.6 Å². The maximum Gasteiger partial charge on any atom is 0.419 e. The topological polar surface area (TPSA) is 9.72 Å². The van der Waals surface area contributed by atoms with Crippen molar-refractivity contribution in [1.82, 2.24) is 4.92 Å². The maximum atomic E-state index is 2.57. The second kappa shape index (κ2) is 14.3. The first-order valence-corrected chi connectivity index (χ1v) is 21.9. The van der Waals surface area contributed by atoms with E-state index in [9.17, 15) is 0 Å². The Bertz CT molecular complexity index is 3400. The molecule has 13 rings (SSSR count). The Hall–Kier alpha value is -8.01. The summed E-state index contributed by atoms with van der Waals surface area (Å²) in [5.74, 6) is 2.32. The third-order valence-electron chi connectivity index (χ3n) is 13.4. The summed E-state index contributed by atoms with van der Waals surface area (Å²) in [6.07, 6.45) is 6.56. The number of hydrogen-bond acceptors (Lipinski definition) is 3. The van der Waals surface area contributed by atoms with Crippen LogP contribution in [0.5, 0.6) is 0 Å². The number of allylic oxidation sites excluding steroid dienone is 2. The number of rotatable bonds is 5. The van der Waals surface area contributed by atoms with E-state index in [0.717, 1.165) is 11.4 Å². The average molecular weight is 800 g/mol. The van der Waals surface area contributed by atoms with E-state index in [1.807, 2.05) is 0 Å². The minimum Gasteiger partial charge on any atom is -0.413 e. The molecule has 1 fully saturated rings. The highest BCUT2D eigenvalue weighted by molar-refractivity contribution is 6.97. The van der Waals surface area contributed by atoms with Gasteiger partial charge in [-0.3, -0.25) is 0 Å². The molecular weight excluding hydrogens is 760 g/mol. The molecule has 0 unspecified atom stereocenters. The average Bonchev–Trinajstić information content (AvgIpc) is 3.72. The molecule has 0 bridgehead atoms. The summed E-state index contributed by atoms with van der Waals surface area (Å²) in [7, 11) is 0. The predicted molar refractivity (Wildman–Crippen MR) is 271 cm³/mol. The first kappa shape index (κ1) is 35.7. The Labute approximate surface area is 367 Å². The molecule has 0 amide bonds. The molecule has 11 aromatic carbocycles. The van der Waals surface area contributed by atoms with E-state index in [0.29, 0.717) is 0 Å². The van der Waals surface area contributed by atoms with Gasteiger partial charge in [0, 0.05) is 17.6 Å². The third-order valence-corrected chi connectivity index (χ3v) is 13.4. The Morgan fingerprint density at radius 2 is 0.714 bits per heavy atom. The summed E-state index contributed by atoms with van der Waals surface area (Å²) in [6, 6.07) is 78.5. The van der Waals surface area contributed by atoms with Crippen molar-refractivity contribution in [3.05, 3.63) is 237 Å². The summed E-state index contributed by atoms with van der Waals surface area (Å²) in [5, 5.41) is 15.4. The van der Waals surface area contributed by atoms with Gasteiger partial charge in [0.05, 0.1) is 0 Å². The SMILES string of the molecule is C1=CB2N(c3cccc(-c4ccc5c6ccccc6c6ccccc6c5c4)c3)B(c3ccccc3)N(c3cccc(-c4ccc5c6ccccc6c6ccccc6c5c4)c3)N2C=C1. The minimum absolute atomic E-state index is 0.0497.